The van der Waals surface area contributed by atoms with Gasteiger partial charge in [-0.2, -0.15) is 4.98 Å². The molecular weight excluding hydrogens is 761 g/mol. The smallest absolute Gasteiger partial charge is 0.319 e. The van der Waals surface area contributed by atoms with Crippen molar-refractivity contribution in [1.29, 1.82) is 0 Å². The number of anilines is 2. The topological polar surface area (TPSA) is 207 Å². The molecule has 1 saturated heterocycles. The lowest BCUT2D eigenvalue weighted by Gasteiger charge is -2.28. The summed E-state index contributed by atoms with van der Waals surface area (Å²) >= 11 is 0. The Hall–Kier alpha value is -5.12. The molecule has 0 radical (unpaired) electrons. The fourth-order valence-corrected chi connectivity index (χ4v) is 8.80. The third-order valence-electron chi connectivity index (χ3n) is 11.2. The number of imidazole rings is 1. The minimum absolute atomic E-state index is 0.0486. The number of sulfonamides is 1. The van der Waals surface area contributed by atoms with Crippen LogP contribution < -0.4 is 31.1 Å². The predicted octanol–water partition coefficient (Wildman–Crippen LogP) is 5.60. The maximum atomic E-state index is 14.3. The molecule has 58 heavy (non-hydrogen) atoms. The van der Waals surface area contributed by atoms with E-state index < -0.39 is 44.8 Å². The van der Waals surface area contributed by atoms with Gasteiger partial charge < -0.3 is 31.3 Å². The SMILES string of the molecule is CC(C)NC(=O)Nc1cccc2c1nc(OC1CC(C(N)=O)N(C(=O)C(CCCCCC=CC3CC3C(=O)NS(=O)(=O)C3(C)CC3)Nc3ccccc3)C1)n2C(C)C. The molecule has 5 unspecified atom stereocenters. The second-order valence-electron chi connectivity index (χ2n) is 16.7. The van der Waals surface area contributed by atoms with Crippen molar-refractivity contribution in [2.24, 2.45) is 17.6 Å². The van der Waals surface area contributed by atoms with Crippen LogP contribution in [0.2, 0.25) is 0 Å². The van der Waals surface area contributed by atoms with Crippen LogP contribution in [0.25, 0.3) is 11.0 Å². The van der Waals surface area contributed by atoms with Crippen molar-refractivity contribution < 1.29 is 32.3 Å². The van der Waals surface area contributed by atoms with Crippen LogP contribution in [-0.4, -0.2) is 82.1 Å². The molecule has 3 aliphatic rings. The Morgan fingerprint density at radius 2 is 1.74 bits per heavy atom. The molecule has 2 aromatic carbocycles. The fourth-order valence-electron chi connectivity index (χ4n) is 7.50. The average Bonchev–Trinajstić information content (AvgIpc) is 4.03. The number of urea groups is 1. The molecule has 3 aromatic rings. The van der Waals surface area contributed by atoms with Gasteiger partial charge in [0.25, 0.3) is 6.01 Å². The van der Waals surface area contributed by atoms with Crippen LogP contribution in [0.1, 0.15) is 98.4 Å². The molecule has 1 aromatic heterocycles. The van der Waals surface area contributed by atoms with Gasteiger partial charge in [0.15, 0.2) is 0 Å². The minimum atomic E-state index is -3.63. The number of nitrogens with one attached hydrogen (secondary N) is 4. The van der Waals surface area contributed by atoms with Crippen molar-refractivity contribution in [3.05, 3.63) is 60.7 Å². The number of unbranched alkanes of at least 4 members (excludes halogenated alkanes) is 3. The quantitative estimate of drug-likeness (QED) is 0.0753. The lowest BCUT2D eigenvalue weighted by atomic mass is 10.0. The average molecular weight is 819 g/mol. The van der Waals surface area contributed by atoms with Gasteiger partial charge in [0.05, 0.1) is 22.5 Å². The van der Waals surface area contributed by atoms with Gasteiger partial charge in [0, 0.05) is 30.1 Å². The summed E-state index contributed by atoms with van der Waals surface area (Å²) in [5, 5.41) is 9.10. The summed E-state index contributed by atoms with van der Waals surface area (Å²) in [6, 6.07) is 13.4. The zero-order valence-corrected chi connectivity index (χ0v) is 34.9. The number of allylic oxidation sites excluding steroid dienone is 2. The van der Waals surface area contributed by atoms with E-state index in [0.29, 0.717) is 42.9 Å². The number of hydrogen-bond donors (Lipinski definition) is 5. The number of carbonyl (C=O) groups excluding carboxylic acids is 4. The van der Waals surface area contributed by atoms with Crippen molar-refractivity contribution in [1.82, 2.24) is 24.5 Å². The van der Waals surface area contributed by atoms with Crippen molar-refractivity contribution in [2.45, 2.75) is 127 Å². The van der Waals surface area contributed by atoms with E-state index in [1.807, 2.05) is 80.8 Å². The predicted molar refractivity (Wildman–Crippen MR) is 224 cm³/mol. The number of ether oxygens (including phenoxy) is 1. The van der Waals surface area contributed by atoms with E-state index in [1.54, 1.807) is 13.0 Å². The van der Waals surface area contributed by atoms with Crippen LogP contribution in [0.3, 0.4) is 0 Å². The number of carbonyl (C=O) groups is 4. The monoisotopic (exact) mass is 818 g/mol. The lowest BCUT2D eigenvalue weighted by molar-refractivity contribution is -0.138. The highest BCUT2D eigenvalue weighted by molar-refractivity contribution is 7.91. The molecule has 0 bridgehead atoms. The number of hydrogen-bond acceptors (Lipinski definition) is 9. The Bertz CT molecular complexity index is 2120. The molecule has 6 rings (SSSR count). The molecule has 0 spiro atoms. The van der Waals surface area contributed by atoms with Crippen molar-refractivity contribution >= 4 is 56.2 Å². The van der Waals surface area contributed by atoms with E-state index >= 15 is 0 Å². The van der Waals surface area contributed by atoms with Crippen molar-refractivity contribution in [3.63, 3.8) is 0 Å². The highest BCUT2D eigenvalue weighted by atomic mass is 32.2. The Kier molecular flexibility index (Phi) is 13.0. The van der Waals surface area contributed by atoms with Gasteiger partial charge in [-0.3, -0.25) is 23.7 Å². The molecular formula is C42H58N8O7S. The first kappa shape index (κ1) is 42.5. The fraction of sp³-hybridized carbons (Fsp3) is 0.548. The Labute approximate surface area is 341 Å². The lowest BCUT2D eigenvalue weighted by Crippen LogP contribution is -2.49. The van der Waals surface area contributed by atoms with Crippen molar-refractivity contribution in [2.75, 3.05) is 17.2 Å². The maximum Gasteiger partial charge on any atom is 0.319 e. The van der Waals surface area contributed by atoms with Crippen LogP contribution in [0.15, 0.2) is 60.7 Å². The molecule has 314 valence electrons. The van der Waals surface area contributed by atoms with E-state index in [9.17, 15) is 27.6 Å². The number of primary amides is 1. The van der Waals surface area contributed by atoms with Crippen LogP contribution in [0, 0.1) is 11.8 Å². The van der Waals surface area contributed by atoms with Crippen molar-refractivity contribution in [3.8, 4) is 6.01 Å². The zero-order chi connectivity index (χ0) is 41.8. The summed E-state index contributed by atoms with van der Waals surface area (Å²) in [5.74, 6) is -1.52. The third-order valence-corrected chi connectivity index (χ3v) is 13.4. The number of amides is 5. The summed E-state index contributed by atoms with van der Waals surface area (Å²) in [4.78, 5) is 58.6. The molecule has 5 atom stereocenters. The number of nitrogens with two attached hydrogens (primary N) is 1. The second kappa shape index (κ2) is 17.8. The molecule has 6 N–H and O–H groups in total. The molecule has 16 heteroatoms. The van der Waals surface area contributed by atoms with Gasteiger partial charge in [-0.25, -0.2) is 13.2 Å². The van der Waals surface area contributed by atoms with E-state index in [1.165, 1.54) is 4.90 Å². The second-order valence-corrected chi connectivity index (χ2v) is 18.9. The Balaban J connectivity index is 1.07. The zero-order valence-electron chi connectivity index (χ0n) is 34.1. The van der Waals surface area contributed by atoms with Gasteiger partial charge in [-0.1, -0.05) is 49.3 Å². The van der Waals surface area contributed by atoms with Crippen LogP contribution >= 0.6 is 0 Å². The third kappa shape index (κ3) is 10.1. The van der Waals surface area contributed by atoms with E-state index in [0.717, 1.165) is 36.9 Å². The van der Waals surface area contributed by atoms with Gasteiger partial charge in [-0.15, -0.1) is 0 Å². The summed E-state index contributed by atoms with van der Waals surface area (Å²) < 4.78 is 34.7. The first-order chi connectivity index (χ1) is 27.6. The summed E-state index contributed by atoms with van der Waals surface area (Å²) in [6.07, 6.45) is 9.28. The first-order valence-electron chi connectivity index (χ1n) is 20.5. The number of rotatable bonds is 19. The Morgan fingerprint density at radius 1 is 1.00 bits per heavy atom. The van der Waals surface area contributed by atoms with Crippen LogP contribution in [0.4, 0.5) is 16.2 Å². The molecule has 15 nitrogen and oxygen atoms in total. The number of benzene rings is 2. The van der Waals surface area contributed by atoms with Crippen LogP contribution in [-0.2, 0) is 24.4 Å². The number of likely N-dealkylation sites (tertiary alicyclic amines) is 1. The standard InChI is InChI=1S/C42H58N8O7S/c1-26(2)44-40(54)46-32-19-14-20-34-36(32)47-41(50(34)27(3)4)57-30-24-35(37(43)51)49(25-30)39(53)33(45-29-16-11-9-12-17-29)18-13-8-6-7-10-15-28-23-31(28)38(52)48-58(55,56)42(5)21-22-42/h9-12,14-17,19-20,26-28,30-31,33,35,45H,6-8,13,18,21-25H2,1-5H3,(H2,43,51)(H,48,52)(H2,44,46,54). The normalized spacial score (nSPS) is 21.6. The van der Waals surface area contributed by atoms with Gasteiger partial charge in [0.2, 0.25) is 27.7 Å². The molecule has 2 aliphatic carbocycles. The van der Waals surface area contributed by atoms with E-state index in [-0.39, 0.29) is 48.8 Å². The molecule has 2 heterocycles. The van der Waals surface area contributed by atoms with E-state index in [2.05, 4.69) is 26.7 Å². The summed E-state index contributed by atoms with van der Waals surface area (Å²) in [5.41, 5.74) is 8.54. The van der Waals surface area contributed by atoms with Gasteiger partial charge in [-0.05, 0) is 103 Å². The number of nitrogens with zero attached hydrogens (tertiary/aromatic N) is 3. The maximum absolute atomic E-state index is 14.3. The number of para-hydroxylation sites is 2. The Morgan fingerprint density at radius 3 is 2.41 bits per heavy atom. The van der Waals surface area contributed by atoms with E-state index in [4.69, 9.17) is 15.5 Å². The van der Waals surface area contributed by atoms with Crippen LogP contribution in [0.5, 0.6) is 6.01 Å². The molecule has 3 fully saturated rings. The largest absolute Gasteiger partial charge is 0.459 e. The molecule has 2 saturated carbocycles. The molecule has 1 aliphatic heterocycles. The number of fused-ring (bicyclic) bond motifs is 1. The summed E-state index contributed by atoms with van der Waals surface area (Å²) in [6.45, 7) is 9.56. The highest BCUT2D eigenvalue weighted by Gasteiger charge is 2.52. The first-order valence-corrected chi connectivity index (χ1v) is 21.9. The summed E-state index contributed by atoms with van der Waals surface area (Å²) in [7, 11) is -3.63. The minimum Gasteiger partial charge on any atom is -0.459 e. The van der Waals surface area contributed by atoms with Gasteiger partial charge >= 0.3 is 6.03 Å². The number of aromatic nitrogens is 2. The van der Waals surface area contributed by atoms with Gasteiger partial charge in [0.1, 0.15) is 23.7 Å². The molecule has 5 amide bonds. The highest BCUT2D eigenvalue weighted by Crippen LogP contribution is 2.44.